The lowest BCUT2D eigenvalue weighted by molar-refractivity contribution is -0.0667. The Labute approximate surface area is 122 Å². The maximum absolute atomic E-state index is 6.22. The smallest absolute Gasteiger partial charge is 0.00200 e. The topological polar surface area (TPSA) is 26.0 Å². The fourth-order valence-electron chi connectivity index (χ4n) is 6.10. The van der Waals surface area contributed by atoms with Gasteiger partial charge in [0, 0.05) is 0 Å². The van der Waals surface area contributed by atoms with Gasteiger partial charge in [-0.3, -0.25) is 0 Å². The highest BCUT2D eigenvalue weighted by Gasteiger charge is 2.57. The molecule has 1 heteroatoms. The van der Waals surface area contributed by atoms with Crippen molar-refractivity contribution in [2.45, 2.75) is 57.8 Å². The van der Waals surface area contributed by atoms with E-state index in [2.05, 4.69) is 32.0 Å². The molecule has 0 unspecified atom stereocenters. The van der Waals surface area contributed by atoms with Crippen molar-refractivity contribution in [3.8, 4) is 0 Å². The van der Waals surface area contributed by atoms with Gasteiger partial charge in [0.2, 0.25) is 0 Å². The molecule has 0 heterocycles. The highest BCUT2D eigenvalue weighted by Crippen LogP contribution is 2.65. The van der Waals surface area contributed by atoms with Crippen LogP contribution in [0.2, 0.25) is 0 Å². The van der Waals surface area contributed by atoms with E-state index in [-0.39, 0.29) is 0 Å². The molecule has 2 atom stereocenters. The summed E-state index contributed by atoms with van der Waals surface area (Å²) in [6.07, 6.45) is 8.50. The van der Waals surface area contributed by atoms with Gasteiger partial charge in [0.05, 0.1) is 0 Å². The average Bonchev–Trinajstić information content (AvgIpc) is 2.40. The summed E-state index contributed by atoms with van der Waals surface area (Å²) in [7, 11) is 0. The zero-order chi connectivity index (χ0) is 14.0. The molecule has 0 aromatic heterocycles. The van der Waals surface area contributed by atoms with Gasteiger partial charge >= 0.3 is 0 Å². The maximum Gasteiger partial charge on any atom is -0.00200 e. The lowest BCUT2D eigenvalue weighted by Gasteiger charge is -2.62. The molecule has 5 rings (SSSR count). The van der Waals surface area contributed by atoms with E-state index in [1.54, 1.807) is 5.56 Å². The Morgan fingerprint density at radius 2 is 1.75 bits per heavy atom. The monoisotopic (exact) mass is 269 g/mol. The van der Waals surface area contributed by atoms with E-state index in [9.17, 15) is 0 Å². The maximum atomic E-state index is 6.22. The van der Waals surface area contributed by atoms with E-state index in [0.29, 0.717) is 10.8 Å². The van der Waals surface area contributed by atoms with Crippen molar-refractivity contribution in [1.82, 2.24) is 0 Å². The second-order valence-corrected chi connectivity index (χ2v) is 8.24. The van der Waals surface area contributed by atoms with Crippen molar-refractivity contribution < 1.29 is 0 Å². The van der Waals surface area contributed by atoms with Gasteiger partial charge in [-0.25, -0.2) is 0 Å². The van der Waals surface area contributed by atoms with Crippen LogP contribution in [0, 0.1) is 31.1 Å². The van der Waals surface area contributed by atoms with Crippen LogP contribution in [-0.2, 0) is 5.41 Å². The summed E-state index contributed by atoms with van der Waals surface area (Å²) >= 11 is 0. The van der Waals surface area contributed by atoms with Crippen LogP contribution in [0.4, 0.5) is 0 Å². The Morgan fingerprint density at radius 1 is 1.05 bits per heavy atom. The molecule has 4 aliphatic carbocycles. The zero-order valence-corrected chi connectivity index (χ0v) is 12.9. The zero-order valence-electron chi connectivity index (χ0n) is 12.9. The second kappa shape index (κ2) is 4.10. The fraction of sp³-hybridized carbons (Fsp3) is 0.684. The van der Waals surface area contributed by atoms with Crippen molar-refractivity contribution in [1.29, 1.82) is 0 Å². The van der Waals surface area contributed by atoms with Gasteiger partial charge in [0.25, 0.3) is 0 Å². The average molecular weight is 269 g/mol. The molecule has 4 aliphatic rings. The molecular weight excluding hydrogens is 242 g/mol. The molecule has 2 N–H and O–H groups in total. The first-order valence-electron chi connectivity index (χ1n) is 8.32. The van der Waals surface area contributed by atoms with Crippen molar-refractivity contribution in [2.75, 3.05) is 6.54 Å². The normalized spacial score (nSPS) is 42.1. The van der Waals surface area contributed by atoms with Gasteiger partial charge in [-0.2, -0.15) is 0 Å². The van der Waals surface area contributed by atoms with Gasteiger partial charge in [0.1, 0.15) is 0 Å². The molecule has 108 valence electrons. The lowest BCUT2D eigenvalue weighted by atomic mass is 9.43. The number of nitrogens with two attached hydrogens (primary N) is 1. The standard InChI is InChI=1S/C19H27N/c1-13-3-4-17(5-14(13)2)19-9-15-6-16(10-19)8-18(7-15,11-19)12-20/h3-5,15-16H,6-12,20H2,1-2H3/t15-,16-,18?,19?/m1/s1. The van der Waals surface area contributed by atoms with Crippen LogP contribution in [0.25, 0.3) is 0 Å². The summed E-state index contributed by atoms with van der Waals surface area (Å²) in [5.74, 6) is 1.89. The molecule has 1 aromatic rings. The third-order valence-corrected chi connectivity index (χ3v) is 6.73. The number of hydrogen-bond acceptors (Lipinski definition) is 1. The van der Waals surface area contributed by atoms with E-state index >= 15 is 0 Å². The van der Waals surface area contributed by atoms with Crippen LogP contribution in [0.5, 0.6) is 0 Å². The quantitative estimate of drug-likeness (QED) is 0.859. The molecule has 1 nitrogen and oxygen atoms in total. The molecule has 1 aromatic carbocycles. The van der Waals surface area contributed by atoms with Crippen LogP contribution in [0.15, 0.2) is 18.2 Å². The lowest BCUT2D eigenvalue weighted by Crippen LogP contribution is -2.56. The molecule has 20 heavy (non-hydrogen) atoms. The Morgan fingerprint density at radius 3 is 2.35 bits per heavy atom. The highest BCUT2D eigenvalue weighted by molar-refractivity contribution is 5.37. The van der Waals surface area contributed by atoms with Gasteiger partial charge < -0.3 is 5.73 Å². The van der Waals surface area contributed by atoms with Crippen LogP contribution in [-0.4, -0.2) is 6.54 Å². The second-order valence-electron chi connectivity index (χ2n) is 8.24. The van der Waals surface area contributed by atoms with Crippen molar-refractivity contribution in [2.24, 2.45) is 23.0 Å². The molecule has 0 saturated heterocycles. The largest absolute Gasteiger partial charge is 0.330 e. The fourth-order valence-corrected chi connectivity index (χ4v) is 6.10. The van der Waals surface area contributed by atoms with E-state index in [0.717, 1.165) is 18.4 Å². The molecule has 4 saturated carbocycles. The SMILES string of the molecule is Cc1ccc(C23C[C@@H]4C[C@H](CC(CN)(C4)C2)C3)cc1C. The first-order valence-corrected chi connectivity index (χ1v) is 8.32. The van der Waals surface area contributed by atoms with Gasteiger partial charge in [-0.15, -0.1) is 0 Å². The number of aryl methyl sites for hydroxylation is 2. The Kier molecular flexibility index (Phi) is 2.64. The predicted molar refractivity (Wildman–Crippen MR) is 83.8 cm³/mol. The number of benzene rings is 1. The van der Waals surface area contributed by atoms with Crippen LogP contribution < -0.4 is 5.73 Å². The van der Waals surface area contributed by atoms with E-state index in [4.69, 9.17) is 5.73 Å². The first kappa shape index (κ1) is 12.9. The van der Waals surface area contributed by atoms with E-state index < -0.39 is 0 Å². The van der Waals surface area contributed by atoms with Gasteiger partial charge in [-0.1, -0.05) is 18.2 Å². The van der Waals surface area contributed by atoms with Crippen LogP contribution >= 0.6 is 0 Å². The summed E-state index contributed by atoms with van der Waals surface area (Å²) in [4.78, 5) is 0. The highest BCUT2D eigenvalue weighted by atomic mass is 14.7. The summed E-state index contributed by atoms with van der Waals surface area (Å²) in [5, 5.41) is 0. The van der Waals surface area contributed by atoms with Crippen molar-refractivity contribution in [3.05, 3.63) is 34.9 Å². The third kappa shape index (κ3) is 1.72. The Balaban J connectivity index is 1.78. The third-order valence-electron chi connectivity index (χ3n) is 6.73. The summed E-state index contributed by atoms with van der Waals surface area (Å²) < 4.78 is 0. The molecule has 0 spiro atoms. The van der Waals surface area contributed by atoms with Crippen LogP contribution in [0.3, 0.4) is 0 Å². The molecule has 0 aliphatic heterocycles. The molecule has 0 radical (unpaired) electrons. The molecule has 0 amide bonds. The number of hydrogen-bond donors (Lipinski definition) is 1. The molecule has 4 bridgehead atoms. The Hall–Kier alpha value is -0.820. The summed E-state index contributed by atoms with van der Waals surface area (Å²) in [6, 6.07) is 7.23. The van der Waals surface area contributed by atoms with E-state index in [1.807, 2.05) is 0 Å². The van der Waals surface area contributed by atoms with Crippen molar-refractivity contribution in [3.63, 3.8) is 0 Å². The molecule has 4 fully saturated rings. The van der Waals surface area contributed by atoms with E-state index in [1.165, 1.54) is 49.7 Å². The van der Waals surface area contributed by atoms with Crippen molar-refractivity contribution >= 4 is 0 Å². The minimum atomic E-state index is 0.460. The minimum absolute atomic E-state index is 0.460. The number of rotatable bonds is 2. The minimum Gasteiger partial charge on any atom is -0.330 e. The predicted octanol–water partition coefficient (Wildman–Crippen LogP) is 4.10. The van der Waals surface area contributed by atoms with Gasteiger partial charge in [-0.05, 0) is 98.3 Å². The Bertz CT molecular complexity index is 531. The summed E-state index contributed by atoms with van der Waals surface area (Å²) in [5.41, 5.74) is 11.7. The molecular formula is C19H27N. The first-order chi connectivity index (χ1) is 9.54. The van der Waals surface area contributed by atoms with Crippen LogP contribution in [0.1, 0.15) is 55.2 Å². The van der Waals surface area contributed by atoms with Gasteiger partial charge in [0.15, 0.2) is 0 Å². The summed E-state index contributed by atoms with van der Waals surface area (Å²) in [6.45, 7) is 5.39.